The van der Waals surface area contributed by atoms with Crippen molar-refractivity contribution in [1.29, 1.82) is 0 Å². The third kappa shape index (κ3) is 6.08. The lowest BCUT2D eigenvalue weighted by atomic mass is 10.2. The maximum Gasteiger partial charge on any atom is 0.408 e. The van der Waals surface area contributed by atoms with Crippen LogP contribution in [0.5, 0.6) is 0 Å². The predicted molar refractivity (Wildman–Crippen MR) is 84.5 cm³/mol. The lowest BCUT2D eigenvalue weighted by Gasteiger charge is -2.22. The van der Waals surface area contributed by atoms with Gasteiger partial charge in [0.15, 0.2) is 0 Å². The standard InChI is InChI=1S/C16H28N2O5/c1-5-6-7-8-12(19)22-10-11-9-16(11,13(17)20)18-14(21)23-15(2,3)4/h11H,5-10H2,1-4H3,(H2,17,20)(H,18,21)/t11-,16+/m0/s1. The van der Waals surface area contributed by atoms with Gasteiger partial charge in [0.05, 0.1) is 6.61 Å². The van der Waals surface area contributed by atoms with Gasteiger partial charge in [-0.3, -0.25) is 9.59 Å². The first-order valence-electron chi connectivity index (χ1n) is 8.07. The zero-order chi connectivity index (χ0) is 17.7. The van der Waals surface area contributed by atoms with Crippen molar-refractivity contribution in [3.63, 3.8) is 0 Å². The number of nitrogens with one attached hydrogen (secondary N) is 1. The highest BCUT2D eigenvalue weighted by atomic mass is 16.6. The smallest absolute Gasteiger partial charge is 0.408 e. The van der Waals surface area contributed by atoms with Crippen molar-refractivity contribution in [2.75, 3.05) is 6.61 Å². The Labute approximate surface area is 137 Å². The maximum absolute atomic E-state index is 11.8. The van der Waals surface area contributed by atoms with Crippen LogP contribution in [-0.4, -0.2) is 35.7 Å². The van der Waals surface area contributed by atoms with Crippen LogP contribution in [0, 0.1) is 5.92 Å². The molecule has 23 heavy (non-hydrogen) atoms. The van der Waals surface area contributed by atoms with Crippen molar-refractivity contribution in [2.24, 2.45) is 11.7 Å². The second-order valence-electron chi connectivity index (χ2n) is 7.00. The molecule has 0 aromatic rings. The Morgan fingerprint density at radius 2 is 1.91 bits per heavy atom. The average Bonchev–Trinajstić information content (AvgIpc) is 3.09. The first kappa shape index (κ1) is 19.3. The molecule has 1 saturated carbocycles. The Hall–Kier alpha value is -1.79. The Morgan fingerprint density at radius 1 is 1.26 bits per heavy atom. The molecule has 1 fully saturated rings. The lowest BCUT2D eigenvalue weighted by Crippen LogP contribution is -2.50. The molecule has 7 heteroatoms. The van der Waals surface area contributed by atoms with Crippen molar-refractivity contribution in [3.8, 4) is 0 Å². The number of carbonyl (C=O) groups is 3. The van der Waals surface area contributed by atoms with Gasteiger partial charge < -0.3 is 20.5 Å². The van der Waals surface area contributed by atoms with E-state index in [4.69, 9.17) is 15.2 Å². The van der Waals surface area contributed by atoms with Crippen molar-refractivity contribution in [3.05, 3.63) is 0 Å². The van der Waals surface area contributed by atoms with Crippen LogP contribution in [0.25, 0.3) is 0 Å². The largest absolute Gasteiger partial charge is 0.465 e. The lowest BCUT2D eigenvalue weighted by molar-refractivity contribution is -0.144. The Morgan fingerprint density at radius 3 is 2.43 bits per heavy atom. The fourth-order valence-electron chi connectivity index (χ4n) is 2.32. The zero-order valence-electron chi connectivity index (χ0n) is 14.4. The van der Waals surface area contributed by atoms with Crippen molar-refractivity contribution in [1.82, 2.24) is 5.32 Å². The van der Waals surface area contributed by atoms with Crippen LogP contribution in [0.4, 0.5) is 4.79 Å². The third-order valence-corrected chi connectivity index (χ3v) is 3.70. The van der Waals surface area contributed by atoms with Gasteiger partial charge in [0.2, 0.25) is 5.91 Å². The van der Waals surface area contributed by atoms with Crippen LogP contribution in [0.1, 0.15) is 59.8 Å². The average molecular weight is 328 g/mol. The third-order valence-electron chi connectivity index (χ3n) is 3.70. The number of primary amides is 1. The van der Waals surface area contributed by atoms with Crippen molar-refractivity contribution < 1.29 is 23.9 Å². The number of unbranched alkanes of at least 4 members (excludes halogenated alkanes) is 2. The van der Waals surface area contributed by atoms with E-state index in [1.165, 1.54) is 0 Å². The number of amides is 2. The molecule has 0 unspecified atom stereocenters. The summed E-state index contributed by atoms with van der Waals surface area (Å²) in [6.07, 6.45) is 2.81. The number of rotatable bonds is 8. The normalized spacial score (nSPS) is 23.0. The molecular weight excluding hydrogens is 300 g/mol. The summed E-state index contributed by atoms with van der Waals surface area (Å²) in [4.78, 5) is 35.1. The molecule has 7 nitrogen and oxygen atoms in total. The van der Waals surface area contributed by atoms with Gasteiger partial charge >= 0.3 is 12.1 Å². The number of carbonyl (C=O) groups excluding carboxylic acids is 3. The fourth-order valence-corrected chi connectivity index (χ4v) is 2.32. The van der Waals surface area contributed by atoms with E-state index in [0.29, 0.717) is 12.8 Å². The molecule has 2 atom stereocenters. The van der Waals surface area contributed by atoms with E-state index in [1.807, 2.05) is 0 Å². The minimum Gasteiger partial charge on any atom is -0.465 e. The van der Waals surface area contributed by atoms with E-state index in [-0.39, 0.29) is 18.5 Å². The van der Waals surface area contributed by atoms with Gasteiger partial charge in [-0.05, 0) is 33.6 Å². The highest BCUT2D eigenvalue weighted by Crippen LogP contribution is 2.43. The zero-order valence-corrected chi connectivity index (χ0v) is 14.4. The van der Waals surface area contributed by atoms with Gasteiger partial charge in [-0.1, -0.05) is 19.8 Å². The van der Waals surface area contributed by atoms with E-state index in [1.54, 1.807) is 20.8 Å². The molecule has 0 aromatic heterocycles. The molecule has 0 heterocycles. The molecular formula is C16H28N2O5. The molecule has 0 aromatic carbocycles. The van der Waals surface area contributed by atoms with Gasteiger partial charge in [-0.2, -0.15) is 0 Å². The molecule has 0 bridgehead atoms. The predicted octanol–water partition coefficient (Wildman–Crippen LogP) is 1.88. The number of esters is 1. The molecule has 1 rings (SSSR count). The molecule has 3 N–H and O–H groups in total. The molecule has 2 amide bonds. The van der Waals surface area contributed by atoms with Gasteiger partial charge in [0.25, 0.3) is 0 Å². The van der Waals surface area contributed by atoms with Gasteiger partial charge in [0, 0.05) is 12.3 Å². The Bertz CT molecular complexity index is 458. The molecule has 132 valence electrons. The highest BCUT2D eigenvalue weighted by Gasteiger charge is 2.61. The number of hydrogen-bond donors (Lipinski definition) is 2. The van der Waals surface area contributed by atoms with E-state index in [0.717, 1.165) is 19.3 Å². The summed E-state index contributed by atoms with van der Waals surface area (Å²) in [5, 5.41) is 2.52. The van der Waals surface area contributed by atoms with Crippen molar-refractivity contribution >= 4 is 18.0 Å². The van der Waals surface area contributed by atoms with E-state index in [9.17, 15) is 14.4 Å². The SMILES string of the molecule is CCCCCC(=O)OC[C@@H]1C[C@]1(NC(=O)OC(C)(C)C)C(N)=O. The van der Waals surface area contributed by atoms with Gasteiger partial charge in [-0.25, -0.2) is 4.79 Å². The number of ether oxygens (including phenoxy) is 2. The van der Waals surface area contributed by atoms with Crippen LogP contribution >= 0.6 is 0 Å². The topological polar surface area (TPSA) is 108 Å². The summed E-state index contributed by atoms with van der Waals surface area (Å²) in [6, 6.07) is 0. The molecule has 0 aliphatic heterocycles. The van der Waals surface area contributed by atoms with E-state index < -0.39 is 23.1 Å². The Balaban J connectivity index is 2.45. The number of alkyl carbamates (subject to hydrolysis) is 1. The minimum atomic E-state index is -1.17. The van der Waals surface area contributed by atoms with E-state index in [2.05, 4.69) is 12.2 Å². The van der Waals surface area contributed by atoms with Gasteiger partial charge in [-0.15, -0.1) is 0 Å². The van der Waals surface area contributed by atoms with Gasteiger partial charge in [0.1, 0.15) is 11.1 Å². The van der Waals surface area contributed by atoms with E-state index >= 15 is 0 Å². The quantitative estimate of drug-likeness (QED) is 0.522. The van der Waals surface area contributed by atoms with Crippen molar-refractivity contribution in [2.45, 2.75) is 70.9 Å². The summed E-state index contributed by atoms with van der Waals surface area (Å²) in [5.41, 5.74) is 3.55. The molecule has 0 radical (unpaired) electrons. The number of nitrogens with two attached hydrogens (primary N) is 1. The first-order chi connectivity index (χ1) is 10.6. The fraction of sp³-hybridized carbons (Fsp3) is 0.812. The summed E-state index contributed by atoms with van der Waals surface area (Å²) in [6.45, 7) is 7.31. The second kappa shape index (κ2) is 7.66. The summed E-state index contributed by atoms with van der Waals surface area (Å²) < 4.78 is 10.3. The van der Waals surface area contributed by atoms with Crippen LogP contribution in [0.15, 0.2) is 0 Å². The highest BCUT2D eigenvalue weighted by molar-refractivity contribution is 5.92. The van der Waals surface area contributed by atoms with Crippen LogP contribution in [0.2, 0.25) is 0 Å². The van der Waals surface area contributed by atoms with Crippen LogP contribution in [0.3, 0.4) is 0 Å². The Kier molecular flexibility index (Phi) is 6.41. The first-order valence-corrected chi connectivity index (χ1v) is 8.07. The molecule has 0 saturated heterocycles. The summed E-state index contributed by atoms with van der Waals surface area (Å²) in [7, 11) is 0. The summed E-state index contributed by atoms with van der Waals surface area (Å²) >= 11 is 0. The molecule has 1 aliphatic rings. The maximum atomic E-state index is 11.8. The monoisotopic (exact) mass is 328 g/mol. The minimum absolute atomic E-state index is 0.0731. The second-order valence-corrected chi connectivity index (χ2v) is 7.00. The summed E-state index contributed by atoms with van der Waals surface area (Å²) in [5.74, 6) is -1.24. The van der Waals surface area contributed by atoms with Crippen LogP contribution < -0.4 is 11.1 Å². The van der Waals surface area contributed by atoms with Crippen LogP contribution in [-0.2, 0) is 19.1 Å². The molecule has 1 aliphatic carbocycles. The number of hydrogen-bond acceptors (Lipinski definition) is 5. The molecule has 0 spiro atoms.